The second kappa shape index (κ2) is 6.49. The van der Waals surface area contributed by atoms with Crippen LogP contribution in [0.2, 0.25) is 0 Å². The highest BCUT2D eigenvalue weighted by atomic mass is 32.2. The van der Waals surface area contributed by atoms with Crippen molar-refractivity contribution >= 4 is 16.9 Å². The molecule has 1 aromatic rings. The number of aliphatic imine (C=N–C) groups is 1. The van der Waals surface area contributed by atoms with Crippen LogP contribution in [-0.2, 0) is 0 Å². The standard InChI is InChI=1S/C17H22N2S/c1-2-3-4-8-11-15-12-19-13-16(18-17(19)20-15)14-9-6-5-7-10-14/h5-7,9-10,12,16H,2-4,8,11,13H2,1H3/t16-/m0/s1. The number of amidine groups is 1. The molecule has 2 heterocycles. The predicted octanol–water partition coefficient (Wildman–Crippen LogP) is 4.96. The Morgan fingerprint density at radius 2 is 2.05 bits per heavy atom. The van der Waals surface area contributed by atoms with Crippen LogP contribution in [0.3, 0.4) is 0 Å². The zero-order chi connectivity index (χ0) is 13.8. The number of allylic oxidation sites excluding steroid dienone is 1. The van der Waals surface area contributed by atoms with Crippen LogP contribution in [0.4, 0.5) is 0 Å². The summed E-state index contributed by atoms with van der Waals surface area (Å²) < 4.78 is 0. The van der Waals surface area contributed by atoms with E-state index in [-0.39, 0.29) is 0 Å². The van der Waals surface area contributed by atoms with Crippen LogP contribution in [0, 0.1) is 0 Å². The summed E-state index contributed by atoms with van der Waals surface area (Å²) in [6.07, 6.45) is 8.88. The Morgan fingerprint density at radius 1 is 1.20 bits per heavy atom. The number of hydrogen-bond acceptors (Lipinski definition) is 3. The van der Waals surface area contributed by atoms with Crippen LogP contribution in [0.5, 0.6) is 0 Å². The van der Waals surface area contributed by atoms with Gasteiger partial charge in [-0.25, -0.2) is 0 Å². The highest BCUT2D eigenvalue weighted by Crippen LogP contribution is 2.39. The van der Waals surface area contributed by atoms with E-state index < -0.39 is 0 Å². The van der Waals surface area contributed by atoms with Crippen molar-refractivity contribution in [3.8, 4) is 0 Å². The molecule has 2 aliphatic heterocycles. The van der Waals surface area contributed by atoms with Gasteiger partial charge in [0.2, 0.25) is 0 Å². The van der Waals surface area contributed by atoms with E-state index >= 15 is 0 Å². The number of nitrogens with zero attached hydrogens (tertiary/aromatic N) is 2. The molecular weight excluding hydrogens is 264 g/mol. The van der Waals surface area contributed by atoms with Gasteiger partial charge < -0.3 is 4.90 Å². The van der Waals surface area contributed by atoms with Crippen molar-refractivity contribution in [1.82, 2.24) is 4.90 Å². The number of hydrogen-bond donors (Lipinski definition) is 0. The fourth-order valence-electron chi connectivity index (χ4n) is 2.72. The van der Waals surface area contributed by atoms with Crippen molar-refractivity contribution in [1.29, 1.82) is 0 Å². The summed E-state index contributed by atoms with van der Waals surface area (Å²) in [6.45, 7) is 3.27. The van der Waals surface area contributed by atoms with Crippen LogP contribution < -0.4 is 0 Å². The van der Waals surface area contributed by atoms with Gasteiger partial charge in [0.1, 0.15) is 0 Å². The molecule has 1 aromatic carbocycles. The smallest absolute Gasteiger partial charge is 0.168 e. The monoisotopic (exact) mass is 286 g/mol. The van der Waals surface area contributed by atoms with Gasteiger partial charge in [0.25, 0.3) is 0 Å². The molecule has 106 valence electrons. The Bertz CT molecular complexity index is 507. The van der Waals surface area contributed by atoms with E-state index in [1.54, 1.807) is 0 Å². The first-order valence-corrected chi connectivity index (χ1v) is 8.46. The van der Waals surface area contributed by atoms with Crippen LogP contribution in [-0.4, -0.2) is 16.6 Å². The van der Waals surface area contributed by atoms with Gasteiger partial charge in [-0.3, -0.25) is 4.99 Å². The Labute approximate surface area is 126 Å². The number of benzene rings is 1. The summed E-state index contributed by atoms with van der Waals surface area (Å²) in [5.74, 6) is 0. The number of fused-ring (bicyclic) bond motifs is 1. The maximum atomic E-state index is 4.87. The molecule has 0 bridgehead atoms. The van der Waals surface area contributed by atoms with Gasteiger partial charge in [-0.05, 0) is 18.4 Å². The van der Waals surface area contributed by atoms with Gasteiger partial charge in [-0.1, -0.05) is 68.3 Å². The van der Waals surface area contributed by atoms with Crippen LogP contribution in [0.15, 0.2) is 46.4 Å². The van der Waals surface area contributed by atoms with E-state index in [1.165, 1.54) is 47.7 Å². The molecule has 0 aliphatic carbocycles. The minimum atomic E-state index is 0.316. The molecule has 0 aromatic heterocycles. The summed E-state index contributed by atoms with van der Waals surface area (Å²) in [5.41, 5.74) is 1.33. The average molecular weight is 286 g/mol. The van der Waals surface area contributed by atoms with E-state index in [9.17, 15) is 0 Å². The van der Waals surface area contributed by atoms with Crippen molar-refractivity contribution in [2.24, 2.45) is 4.99 Å². The third-order valence-electron chi connectivity index (χ3n) is 3.86. The quantitative estimate of drug-likeness (QED) is 0.687. The van der Waals surface area contributed by atoms with E-state index in [1.807, 2.05) is 11.8 Å². The fourth-order valence-corrected chi connectivity index (χ4v) is 3.81. The zero-order valence-corrected chi connectivity index (χ0v) is 12.9. The second-order valence-corrected chi connectivity index (χ2v) is 6.59. The Kier molecular flexibility index (Phi) is 4.46. The largest absolute Gasteiger partial charge is 0.324 e. The van der Waals surface area contributed by atoms with Gasteiger partial charge >= 0.3 is 0 Å². The van der Waals surface area contributed by atoms with E-state index in [2.05, 4.69) is 48.4 Å². The maximum Gasteiger partial charge on any atom is 0.168 e. The third-order valence-corrected chi connectivity index (χ3v) is 4.96. The van der Waals surface area contributed by atoms with Crippen molar-refractivity contribution in [2.75, 3.05) is 6.54 Å². The molecule has 0 radical (unpaired) electrons. The Morgan fingerprint density at radius 3 is 2.80 bits per heavy atom. The van der Waals surface area contributed by atoms with Crippen molar-refractivity contribution < 1.29 is 0 Å². The first-order valence-electron chi connectivity index (χ1n) is 7.65. The molecule has 0 spiro atoms. The van der Waals surface area contributed by atoms with E-state index in [4.69, 9.17) is 4.99 Å². The molecular formula is C17H22N2S. The van der Waals surface area contributed by atoms with Crippen LogP contribution >= 0.6 is 11.8 Å². The van der Waals surface area contributed by atoms with Gasteiger partial charge in [0.15, 0.2) is 5.17 Å². The molecule has 20 heavy (non-hydrogen) atoms. The molecule has 3 rings (SSSR count). The first-order chi connectivity index (χ1) is 9.86. The summed E-state index contributed by atoms with van der Waals surface area (Å²) in [6, 6.07) is 10.9. The lowest BCUT2D eigenvalue weighted by molar-refractivity contribution is 0.554. The lowest BCUT2D eigenvalue weighted by Crippen LogP contribution is -2.16. The Hall–Kier alpha value is -1.22. The second-order valence-electron chi connectivity index (χ2n) is 5.50. The van der Waals surface area contributed by atoms with Crippen molar-refractivity contribution in [3.63, 3.8) is 0 Å². The van der Waals surface area contributed by atoms with Gasteiger partial charge in [0.05, 0.1) is 12.6 Å². The summed E-state index contributed by atoms with van der Waals surface area (Å²) in [5, 5.41) is 1.20. The lowest BCUT2D eigenvalue weighted by Gasteiger charge is -2.10. The number of rotatable bonds is 6. The SMILES string of the molecule is CCCCCCC1=CN2C[C@@H](c3ccccc3)N=C2S1. The maximum absolute atomic E-state index is 4.87. The van der Waals surface area contributed by atoms with Crippen LogP contribution in [0.1, 0.15) is 50.6 Å². The normalized spacial score (nSPS) is 20.9. The van der Waals surface area contributed by atoms with Gasteiger partial charge in [0, 0.05) is 11.1 Å². The molecule has 0 amide bonds. The molecule has 3 heteroatoms. The van der Waals surface area contributed by atoms with Crippen molar-refractivity contribution in [3.05, 3.63) is 47.0 Å². The fraction of sp³-hybridized carbons (Fsp3) is 0.471. The van der Waals surface area contributed by atoms with Crippen LogP contribution in [0.25, 0.3) is 0 Å². The molecule has 0 saturated heterocycles. The highest BCUT2D eigenvalue weighted by Gasteiger charge is 2.30. The minimum Gasteiger partial charge on any atom is -0.324 e. The minimum absolute atomic E-state index is 0.316. The molecule has 2 nitrogen and oxygen atoms in total. The average Bonchev–Trinajstić information content (AvgIpc) is 3.03. The van der Waals surface area contributed by atoms with Gasteiger partial charge in [-0.2, -0.15) is 0 Å². The molecule has 2 aliphatic rings. The summed E-state index contributed by atoms with van der Waals surface area (Å²) >= 11 is 1.87. The van der Waals surface area contributed by atoms with Gasteiger partial charge in [-0.15, -0.1) is 0 Å². The van der Waals surface area contributed by atoms with E-state index in [0.29, 0.717) is 6.04 Å². The summed E-state index contributed by atoms with van der Waals surface area (Å²) in [7, 11) is 0. The number of unbranched alkanes of at least 4 members (excludes halogenated alkanes) is 3. The zero-order valence-electron chi connectivity index (χ0n) is 12.1. The first kappa shape index (κ1) is 13.7. The third kappa shape index (κ3) is 3.09. The Balaban J connectivity index is 1.54. The lowest BCUT2D eigenvalue weighted by atomic mass is 10.1. The predicted molar refractivity (Wildman–Crippen MR) is 87.8 cm³/mol. The van der Waals surface area contributed by atoms with E-state index in [0.717, 1.165) is 6.54 Å². The summed E-state index contributed by atoms with van der Waals surface area (Å²) in [4.78, 5) is 8.69. The molecule has 0 saturated carbocycles. The number of thioether (sulfide) groups is 1. The molecule has 1 atom stereocenters. The highest BCUT2D eigenvalue weighted by molar-refractivity contribution is 8.17. The molecule has 0 unspecified atom stereocenters. The topological polar surface area (TPSA) is 15.6 Å². The molecule has 0 N–H and O–H groups in total. The van der Waals surface area contributed by atoms with Crippen molar-refractivity contribution in [2.45, 2.75) is 45.1 Å². The molecule has 0 fully saturated rings.